The monoisotopic (exact) mass is 319 g/mol. The molecule has 22 heavy (non-hydrogen) atoms. The van der Waals surface area contributed by atoms with Gasteiger partial charge in [0.2, 0.25) is 5.91 Å². The van der Waals surface area contributed by atoms with Crippen molar-refractivity contribution in [1.29, 1.82) is 0 Å². The fourth-order valence-electron chi connectivity index (χ4n) is 2.62. The van der Waals surface area contributed by atoms with Crippen molar-refractivity contribution in [3.8, 4) is 0 Å². The van der Waals surface area contributed by atoms with E-state index in [4.69, 9.17) is 0 Å². The lowest BCUT2D eigenvalue weighted by Gasteiger charge is -2.14. The number of amides is 1. The predicted molar refractivity (Wildman–Crippen MR) is 87.3 cm³/mol. The third kappa shape index (κ3) is 3.44. The summed E-state index contributed by atoms with van der Waals surface area (Å²) in [5, 5.41) is 9.24. The summed E-state index contributed by atoms with van der Waals surface area (Å²) < 4.78 is 1.82. The molecule has 0 spiro atoms. The van der Waals surface area contributed by atoms with E-state index in [0.717, 1.165) is 22.5 Å². The highest BCUT2D eigenvalue weighted by Gasteiger charge is 2.18. The van der Waals surface area contributed by atoms with Crippen LogP contribution in [0.15, 0.2) is 11.4 Å². The average Bonchev–Trinajstić information content (AvgIpc) is 2.95. The van der Waals surface area contributed by atoms with Gasteiger partial charge in [-0.2, -0.15) is 5.10 Å². The van der Waals surface area contributed by atoms with Crippen LogP contribution < -0.4 is 5.32 Å². The molecule has 2 rings (SSSR count). The van der Waals surface area contributed by atoms with E-state index in [-0.39, 0.29) is 24.2 Å². The first-order valence-corrected chi connectivity index (χ1v) is 8.05. The summed E-state index contributed by atoms with van der Waals surface area (Å²) >= 11 is 1.38. The normalized spacial score (nSPS) is 12.2. The van der Waals surface area contributed by atoms with Crippen LogP contribution in [0.1, 0.15) is 52.1 Å². The minimum Gasteiger partial charge on any atom is -0.349 e. The van der Waals surface area contributed by atoms with Crippen LogP contribution in [0.5, 0.6) is 0 Å². The van der Waals surface area contributed by atoms with Crippen LogP contribution in [0.3, 0.4) is 0 Å². The van der Waals surface area contributed by atoms with Gasteiger partial charge < -0.3 is 5.32 Å². The Morgan fingerprint density at radius 2 is 2.09 bits per heavy atom. The van der Waals surface area contributed by atoms with E-state index >= 15 is 0 Å². The lowest BCUT2D eigenvalue weighted by atomic mass is 10.1. The van der Waals surface area contributed by atoms with Crippen LogP contribution in [0.25, 0.3) is 0 Å². The van der Waals surface area contributed by atoms with Crippen molar-refractivity contribution in [1.82, 2.24) is 15.1 Å². The third-order valence-corrected chi connectivity index (χ3v) is 4.82. The Morgan fingerprint density at radius 1 is 1.41 bits per heavy atom. The first kappa shape index (κ1) is 16.4. The molecule has 0 aromatic carbocycles. The molecule has 0 saturated heterocycles. The number of Topliss-reactive ketones (excluding diaryl/α,β-unsaturated/α-hetero) is 1. The molecule has 1 amide bonds. The van der Waals surface area contributed by atoms with Gasteiger partial charge in [-0.1, -0.05) is 0 Å². The second-order valence-electron chi connectivity index (χ2n) is 5.55. The average molecular weight is 319 g/mol. The summed E-state index contributed by atoms with van der Waals surface area (Å²) in [5.74, 6) is -0.0188. The number of rotatable bonds is 5. The first-order chi connectivity index (χ1) is 10.3. The van der Waals surface area contributed by atoms with Crippen molar-refractivity contribution in [2.24, 2.45) is 7.05 Å². The highest BCUT2D eigenvalue weighted by molar-refractivity contribution is 7.12. The van der Waals surface area contributed by atoms with Gasteiger partial charge in [0.25, 0.3) is 0 Å². The highest BCUT2D eigenvalue weighted by Crippen LogP contribution is 2.21. The molecular weight excluding hydrogens is 298 g/mol. The molecule has 5 nitrogen and oxygen atoms in total. The van der Waals surface area contributed by atoms with Crippen LogP contribution >= 0.6 is 11.3 Å². The largest absolute Gasteiger partial charge is 0.349 e. The fourth-order valence-corrected chi connectivity index (χ4v) is 3.43. The quantitative estimate of drug-likeness (QED) is 0.862. The van der Waals surface area contributed by atoms with Gasteiger partial charge in [-0.3, -0.25) is 14.3 Å². The molecule has 2 heterocycles. The van der Waals surface area contributed by atoms with Crippen molar-refractivity contribution in [2.75, 3.05) is 0 Å². The first-order valence-electron chi connectivity index (χ1n) is 7.17. The zero-order valence-electron chi connectivity index (χ0n) is 13.6. The molecule has 0 aliphatic heterocycles. The Morgan fingerprint density at radius 3 is 2.59 bits per heavy atom. The van der Waals surface area contributed by atoms with E-state index in [1.165, 1.54) is 18.3 Å². The van der Waals surface area contributed by atoms with Crippen LogP contribution in [-0.4, -0.2) is 21.5 Å². The number of hydrogen-bond donors (Lipinski definition) is 1. The Kier molecular flexibility index (Phi) is 4.81. The van der Waals surface area contributed by atoms with E-state index in [1.54, 1.807) is 6.07 Å². The maximum atomic E-state index is 12.2. The Bertz CT molecular complexity index is 715. The molecular formula is C16H21N3O2S. The molecule has 0 aliphatic rings. The molecule has 0 aliphatic carbocycles. The molecule has 0 saturated carbocycles. The summed E-state index contributed by atoms with van der Waals surface area (Å²) in [6.07, 6.45) is 0.284. The SMILES string of the molecule is CC(=O)c1cc(CC(=O)N[C@H](C)c2c(C)nn(C)c2C)cs1. The molecule has 0 unspecified atom stereocenters. The maximum Gasteiger partial charge on any atom is 0.224 e. The fraction of sp³-hybridized carbons (Fsp3) is 0.438. The molecule has 0 fully saturated rings. The second-order valence-corrected chi connectivity index (χ2v) is 6.46. The van der Waals surface area contributed by atoms with Crippen molar-refractivity contribution in [3.05, 3.63) is 38.8 Å². The molecule has 0 bridgehead atoms. The second kappa shape index (κ2) is 6.44. The summed E-state index contributed by atoms with van der Waals surface area (Å²) in [7, 11) is 1.90. The van der Waals surface area contributed by atoms with E-state index in [0.29, 0.717) is 4.88 Å². The standard InChI is InChI=1S/C16H21N3O2S/c1-9(16-10(2)18-19(5)11(16)3)17-15(21)7-13-6-14(12(4)20)22-8-13/h6,8-9H,7H2,1-5H3,(H,17,21)/t9-/m1/s1. The maximum absolute atomic E-state index is 12.2. The minimum atomic E-state index is -0.0906. The van der Waals surface area contributed by atoms with Crippen molar-refractivity contribution in [3.63, 3.8) is 0 Å². The van der Waals surface area contributed by atoms with Gasteiger partial charge in [0.1, 0.15) is 0 Å². The lowest BCUT2D eigenvalue weighted by molar-refractivity contribution is -0.121. The van der Waals surface area contributed by atoms with Gasteiger partial charge in [0, 0.05) is 18.3 Å². The van der Waals surface area contributed by atoms with Crippen LogP contribution in [0, 0.1) is 13.8 Å². The van der Waals surface area contributed by atoms with Gasteiger partial charge in [-0.05, 0) is 44.7 Å². The van der Waals surface area contributed by atoms with E-state index in [2.05, 4.69) is 10.4 Å². The summed E-state index contributed by atoms with van der Waals surface area (Å²) in [6, 6.07) is 1.70. The molecule has 2 aromatic rings. The zero-order valence-corrected chi connectivity index (χ0v) is 14.4. The minimum absolute atomic E-state index is 0.0339. The molecule has 0 radical (unpaired) electrons. The molecule has 1 N–H and O–H groups in total. The Hall–Kier alpha value is -1.95. The smallest absolute Gasteiger partial charge is 0.224 e. The van der Waals surface area contributed by atoms with Gasteiger partial charge in [-0.15, -0.1) is 11.3 Å². The van der Waals surface area contributed by atoms with Gasteiger partial charge in [0.05, 0.1) is 23.0 Å². The number of carbonyl (C=O) groups excluding carboxylic acids is 2. The number of ketones is 1. The van der Waals surface area contributed by atoms with Crippen molar-refractivity contribution >= 4 is 23.0 Å². The number of hydrogen-bond acceptors (Lipinski definition) is 4. The summed E-state index contributed by atoms with van der Waals surface area (Å²) in [5.41, 5.74) is 3.92. The van der Waals surface area contributed by atoms with E-state index < -0.39 is 0 Å². The number of nitrogens with one attached hydrogen (secondary N) is 1. The molecule has 2 aromatic heterocycles. The summed E-state index contributed by atoms with van der Waals surface area (Å²) in [6.45, 7) is 7.44. The van der Waals surface area contributed by atoms with Crippen molar-refractivity contribution in [2.45, 2.75) is 40.2 Å². The number of aryl methyl sites for hydroxylation is 2. The molecule has 118 valence electrons. The van der Waals surface area contributed by atoms with Gasteiger partial charge in [0.15, 0.2) is 5.78 Å². The highest BCUT2D eigenvalue weighted by atomic mass is 32.1. The zero-order chi connectivity index (χ0) is 16.4. The topological polar surface area (TPSA) is 64.0 Å². The molecule has 6 heteroatoms. The Balaban J connectivity index is 2.03. The number of thiophene rings is 1. The van der Waals surface area contributed by atoms with Gasteiger partial charge >= 0.3 is 0 Å². The van der Waals surface area contributed by atoms with E-state index in [9.17, 15) is 9.59 Å². The molecule has 1 atom stereocenters. The van der Waals surface area contributed by atoms with Crippen molar-refractivity contribution < 1.29 is 9.59 Å². The number of aromatic nitrogens is 2. The van der Waals surface area contributed by atoms with Crippen LogP contribution in [0.2, 0.25) is 0 Å². The van der Waals surface area contributed by atoms with Crippen LogP contribution in [-0.2, 0) is 18.3 Å². The third-order valence-electron chi connectivity index (χ3n) is 3.74. The number of nitrogens with zero attached hydrogens (tertiary/aromatic N) is 2. The summed E-state index contributed by atoms with van der Waals surface area (Å²) in [4.78, 5) is 24.2. The number of carbonyl (C=O) groups is 2. The van der Waals surface area contributed by atoms with Crippen LogP contribution in [0.4, 0.5) is 0 Å². The van der Waals surface area contributed by atoms with Gasteiger partial charge in [-0.25, -0.2) is 0 Å². The Labute approximate surface area is 134 Å². The predicted octanol–water partition coefficient (Wildman–Crippen LogP) is 2.72. The van der Waals surface area contributed by atoms with E-state index in [1.807, 2.05) is 37.9 Å². The lowest BCUT2D eigenvalue weighted by Crippen LogP contribution is -2.28.